The predicted octanol–water partition coefficient (Wildman–Crippen LogP) is 0.543. The van der Waals surface area contributed by atoms with Gasteiger partial charge in [-0.1, -0.05) is 13.8 Å². The zero-order chi connectivity index (χ0) is 7.98. The molecule has 1 N–H and O–H groups in total. The molecule has 0 amide bonds. The molecule has 0 aromatic rings. The van der Waals surface area contributed by atoms with E-state index >= 15 is 0 Å². The molecule has 0 aliphatic carbocycles. The molecule has 3 heteroatoms. The predicted molar refractivity (Wildman–Crippen MR) is 37.3 cm³/mol. The third-order valence-electron chi connectivity index (χ3n) is 0.876. The van der Waals surface area contributed by atoms with Crippen LogP contribution in [0.2, 0.25) is 0 Å². The molecule has 0 aliphatic rings. The Labute approximate surface area is 61.2 Å². The fraction of sp³-hybridized carbons (Fsp3) is 0.857. The number of ether oxygens (including phenoxy) is 1. The molecule has 0 fully saturated rings. The van der Waals surface area contributed by atoms with Gasteiger partial charge in [-0.2, -0.15) is 5.26 Å². The highest BCUT2D eigenvalue weighted by Gasteiger charge is 2.00. The van der Waals surface area contributed by atoms with Crippen molar-refractivity contribution in [2.75, 3.05) is 13.2 Å². The van der Waals surface area contributed by atoms with Gasteiger partial charge in [0.25, 0.3) is 0 Å². The molecule has 0 spiro atoms. The highest BCUT2D eigenvalue weighted by Crippen LogP contribution is 1.92. The zero-order valence-electron chi connectivity index (χ0n) is 6.37. The summed E-state index contributed by atoms with van der Waals surface area (Å²) in [4.78, 5) is 0. The topological polar surface area (TPSA) is 53.2 Å². The van der Waals surface area contributed by atoms with Crippen LogP contribution in [-0.4, -0.2) is 24.4 Å². The van der Waals surface area contributed by atoms with Gasteiger partial charge < -0.3 is 9.84 Å². The van der Waals surface area contributed by atoms with Crippen molar-refractivity contribution in [3.8, 4) is 6.07 Å². The molecule has 1 unspecified atom stereocenters. The number of hydrogen-bond acceptors (Lipinski definition) is 3. The number of nitrogens with zero attached hydrogens (tertiary/aromatic N) is 1. The second kappa shape index (κ2) is 5.21. The van der Waals surface area contributed by atoms with Crippen LogP contribution in [0.15, 0.2) is 0 Å². The number of rotatable bonds is 4. The second-order valence-electron chi connectivity index (χ2n) is 2.58. The first-order valence-electron chi connectivity index (χ1n) is 3.32. The smallest absolute Gasteiger partial charge is 0.163 e. The van der Waals surface area contributed by atoms with Crippen LogP contribution in [0.4, 0.5) is 0 Å². The van der Waals surface area contributed by atoms with Crippen molar-refractivity contribution in [3.05, 3.63) is 0 Å². The summed E-state index contributed by atoms with van der Waals surface area (Å²) >= 11 is 0. The first-order chi connectivity index (χ1) is 4.66. The van der Waals surface area contributed by atoms with Gasteiger partial charge in [-0.25, -0.2) is 0 Å². The lowest BCUT2D eigenvalue weighted by molar-refractivity contribution is 0.0493. The Morgan fingerprint density at radius 3 is 2.50 bits per heavy atom. The van der Waals surface area contributed by atoms with E-state index in [4.69, 9.17) is 15.1 Å². The van der Waals surface area contributed by atoms with Gasteiger partial charge in [0.15, 0.2) is 6.10 Å². The summed E-state index contributed by atoms with van der Waals surface area (Å²) in [5.41, 5.74) is 0. The SMILES string of the molecule is CC(C)COCC(O)C#N. The minimum atomic E-state index is -0.973. The third-order valence-corrected chi connectivity index (χ3v) is 0.876. The normalized spacial score (nSPS) is 13.1. The lowest BCUT2D eigenvalue weighted by Crippen LogP contribution is -2.14. The van der Waals surface area contributed by atoms with Crippen molar-refractivity contribution in [2.24, 2.45) is 5.92 Å². The van der Waals surface area contributed by atoms with E-state index in [1.165, 1.54) is 0 Å². The number of aliphatic hydroxyl groups is 1. The van der Waals surface area contributed by atoms with Gasteiger partial charge in [-0.15, -0.1) is 0 Å². The number of hydrogen-bond donors (Lipinski definition) is 1. The van der Waals surface area contributed by atoms with Crippen molar-refractivity contribution < 1.29 is 9.84 Å². The van der Waals surface area contributed by atoms with Crippen molar-refractivity contribution in [3.63, 3.8) is 0 Å². The summed E-state index contributed by atoms with van der Waals surface area (Å²) in [6.45, 7) is 4.74. The van der Waals surface area contributed by atoms with Crippen molar-refractivity contribution in [1.82, 2.24) is 0 Å². The largest absolute Gasteiger partial charge is 0.377 e. The van der Waals surface area contributed by atoms with E-state index in [9.17, 15) is 0 Å². The summed E-state index contributed by atoms with van der Waals surface area (Å²) in [6, 6.07) is 1.67. The number of nitriles is 1. The van der Waals surface area contributed by atoms with Crippen LogP contribution in [0, 0.1) is 17.2 Å². The van der Waals surface area contributed by atoms with E-state index in [0.717, 1.165) is 0 Å². The van der Waals surface area contributed by atoms with Gasteiger partial charge in [-0.05, 0) is 5.92 Å². The fourth-order valence-corrected chi connectivity index (χ4v) is 0.453. The van der Waals surface area contributed by atoms with E-state index in [1.54, 1.807) is 6.07 Å². The molecule has 0 aliphatic heterocycles. The molecular weight excluding hydrogens is 130 g/mol. The Kier molecular flexibility index (Phi) is 4.91. The van der Waals surface area contributed by atoms with Crippen molar-refractivity contribution in [1.29, 1.82) is 5.26 Å². The molecule has 0 heterocycles. The Morgan fingerprint density at radius 2 is 2.10 bits per heavy atom. The summed E-state index contributed by atoms with van der Waals surface area (Å²) in [5, 5.41) is 16.8. The van der Waals surface area contributed by atoms with Crippen LogP contribution < -0.4 is 0 Å². The number of aliphatic hydroxyl groups excluding tert-OH is 1. The van der Waals surface area contributed by atoms with Gasteiger partial charge >= 0.3 is 0 Å². The Balaban J connectivity index is 3.13. The fourth-order valence-electron chi connectivity index (χ4n) is 0.453. The molecular formula is C7H13NO2. The van der Waals surface area contributed by atoms with Gasteiger partial charge in [0.1, 0.15) is 0 Å². The molecule has 10 heavy (non-hydrogen) atoms. The molecule has 0 saturated carbocycles. The van der Waals surface area contributed by atoms with Gasteiger partial charge in [0.05, 0.1) is 12.7 Å². The molecule has 0 aromatic heterocycles. The average molecular weight is 143 g/mol. The van der Waals surface area contributed by atoms with E-state index in [2.05, 4.69) is 0 Å². The minimum Gasteiger partial charge on any atom is -0.377 e. The standard InChI is InChI=1S/C7H13NO2/c1-6(2)4-10-5-7(9)3-8/h6-7,9H,4-5H2,1-2H3. The quantitative estimate of drug-likeness (QED) is 0.584. The van der Waals surface area contributed by atoms with Crippen molar-refractivity contribution >= 4 is 0 Å². The zero-order valence-corrected chi connectivity index (χ0v) is 6.37. The summed E-state index contributed by atoms with van der Waals surface area (Å²) in [7, 11) is 0. The maximum atomic E-state index is 8.68. The first kappa shape index (κ1) is 9.41. The lowest BCUT2D eigenvalue weighted by atomic mass is 10.2. The van der Waals surface area contributed by atoms with Crippen LogP contribution in [0.25, 0.3) is 0 Å². The molecule has 58 valence electrons. The molecule has 1 atom stereocenters. The molecule has 0 saturated heterocycles. The molecule has 0 aromatic carbocycles. The monoisotopic (exact) mass is 143 g/mol. The Bertz CT molecular complexity index is 117. The maximum absolute atomic E-state index is 8.68. The van der Waals surface area contributed by atoms with Crippen molar-refractivity contribution in [2.45, 2.75) is 20.0 Å². The molecule has 0 bridgehead atoms. The van der Waals surface area contributed by atoms with E-state index in [1.807, 2.05) is 13.8 Å². The van der Waals surface area contributed by atoms with Gasteiger partial charge in [0, 0.05) is 6.61 Å². The van der Waals surface area contributed by atoms with Crippen LogP contribution in [-0.2, 0) is 4.74 Å². The second-order valence-corrected chi connectivity index (χ2v) is 2.58. The third kappa shape index (κ3) is 5.54. The molecule has 0 rings (SSSR count). The first-order valence-corrected chi connectivity index (χ1v) is 3.32. The van der Waals surface area contributed by atoms with Crippen LogP contribution in [0.5, 0.6) is 0 Å². The van der Waals surface area contributed by atoms with Crippen LogP contribution in [0.3, 0.4) is 0 Å². The van der Waals surface area contributed by atoms with Crippen LogP contribution >= 0.6 is 0 Å². The highest BCUT2D eigenvalue weighted by molar-refractivity contribution is 4.81. The van der Waals surface area contributed by atoms with Crippen LogP contribution in [0.1, 0.15) is 13.8 Å². The minimum absolute atomic E-state index is 0.120. The van der Waals surface area contributed by atoms with E-state index in [0.29, 0.717) is 12.5 Å². The lowest BCUT2D eigenvalue weighted by Gasteiger charge is -2.06. The van der Waals surface area contributed by atoms with E-state index < -0.39 is 6.10 Å². The molecule has 0 radical (unpaired) electrons. The Hall–Kier alpha value is -0.590. The summed E-state index contributed by atoms with van der Waals surface area (Å²) < 4.78 is 4.98. The molecule has 3 nitrogen and oxygen atoms in total. The maximum Gasteiger partial charge on any atom is 0.163 e. The van der Waals surface area contributed by atoms with Gasteiger partial charge in [0.2, 0.25) is 0 Å². The summed E-state index contributed by atoms with van der Waals surface area (Å²) in [6.07, 6.45) is -0.973. The average Bonchev–Trinajstić information content (AvgIpc) is 1.87. The van der Waals surface area contributed by atoms with Gasteiger partial charge in [-0.3, -0.25) is 0 Å². The summed E-state index contributed by atoms with van der Waals surface area (Å²) in [5.74, 6) is 0.450. The van der Waals surface area contributed by atoms with E-state index in [-0.39, 0.29) is 6.61 Å². The Morgan fingerprint density at radius 1 is 1.50 bits per heavy atom. The highest BCUT2D eigenvalue weighted by atomic mass is 16.5.